The average Bonchev–Trinajstić information content (AvgIpc) is 2.60. The average molecular weight is 356 g/mol. The standard InChI is InChI=1S/C18H22FNO3.ClH/c1-21-17-10-14(15(20)8-9-19)16(11-18(17)22-2)23-12-13-6-4-3-5-7-13;/h3-7,10-11,15H,8-9,12,20H2,1-2H3;1H/t15-;/m0./s1. The lowest BCUT2D eigenvalue weighted by atomic mass is 10.0. The second-order valence-electron chi connectivity index (χ2n) is 5.10. The molecule has 0 unspecified atom stereocenters. The summed E-state index contributed by atoms with van der Waals surface area (Å²) >= 11 is 0. The number of methoxy groups -OCH3 is 2. The summed E-state index contributed by atoms with van der Waals surface area (Å²) < 4.78 is 29.2. The molecule has 0 radical (unpaired) electrons. The third kappa shape index (κ3) is 5.01. The van der Waals surface area contributed by atoms with Crippen molar-refractivity contribution in [3.8, 4) is 17.2 Å². The lowest BCUT2D eigenvalue weighted by molar-refractivity contribution is 0.293. The quantitative estimate of drug-likeness (QED) is 0.775. The summed E-state index contributed by atoms with van der Waals surface area (Å²) in [5, 5.41) is 0. The summed E-state index contributed by atoms with van der Waals surface area (Å²) in [6, 6.07) is 12.8. The molecule has 0 bridgehead atoms. The molecule has 2 aromatic rings. The molecule has 0 aliphatic rings. The lowest BCUT2D eigenvalue weighted by Crippen LogP contribution is -2.13. The molecule has 2 N–H and O–H groups in total. The Kier molecular flexibility index (Phi) is 8.36. The fraction of sp³-hybridized carbons (Fsp3) is 0.333. The zero-order valence-electron chi connectivity index (χ0n) is 13.8. The van der Waals surface area contributed by atoms with Gasteiger partial charge in [0.2, 0.25) is 0 Å². The zero-order valence-corrected chi connectivity index (χ0v) is 14.6. The molecule has 4 nitrogen and oxygen atoms in total. The van der Waals surface area contributed by atoms with Crippen molar-refractivity contribution in [3.05, 3.63) is 53.6 Å². The molecule has 0 amide bonds. The largest absolute Gasteiger partial charge is 0.493 e. The van der Waals surface area contributed by atoms with Gasteiger partial charge in [0.1, 0.15) is 12.4 Å². The molecule has 6 heteroatoms. The van der Waals surface area contributed by atoms with E-state index in [9.17, 15) is 4.39 Å². The van der Waals surface area contributed by atoms with Crippen LogP contribution in [0.4, 0.5) is 4.39 Å². The van der Waals surface area contributed by atoms with Crippen molar-refractivity contribution in [3.63, 3.8) is 0 Å². The number of hydrogen-bond donors (Lipinski definition) is 1. The minimum Gasteiger partial charge on any atom is -0.493 e. The topological polar surface area (TPSA) is 53.7 Å². The molecule has 0 spiro atoms. The minimum atomic E-state index is -0.492. The van der Waals surface area contributed by atoms with Gasteiger partial charge >= 0.3 is 0 Å². The van der Waals surface area contributed by atoms with Crippen LogP contribution in [0.25, 0.3) is 0 Å². The fourth-order valence-electron chi connectivity index (χ4n) is 2.30. The van der Waals surface area contributed by atoms with E-state index in [1.165, 1.54) is 0 Å². The molecule has 0 aliphatic heterocycles. The van der Waals surface area contributed by atoms with Gasteiger partial charge in [-0.3, -0.25) is 4.39 Å². The molecular formula is C18H23ClFNO3. The second-order valence-corrected chi connectivity index (χ2v) is 5.10. The molecule has 0 saturated carbocycles. The lowest BCUT2D eigenvalue weighted by Gasteiger charge is -2.19. The second kappa shape index (κ2) is 10.0. The monoisotopic (exact) mass is 355 g/mol. The molecule has 24 heavy (non-hydrogen) atoms. The van der Waals surface area contributed by atoms with Gasteiger partial charge in [0.25, 0.3) is 0 Å². The van der Waals surface area contributed by atoms with Crippen molar-refractivity contribution in [2.24, 2.45) is 5.73 Å². The summed E-state index contributed by atoms with van der Waals surface area (Å²) in [4.78, 5) is 0. The highest BCUT2D eigenvalue weighted by Crippen LogP contribution is 2.38. The summed E-state index contributed by atoms with van der Waals surface area (Å²) in [5.74, 6) is 1.67. The van der Waals surface area contributed by atoms with Crippen molar-refractivity contribution in [2.75, 3.05) is 20.9 Å². The van der Waals surface area contributed by atoms with E-state index in [0.29, 0.717) is 29.4 Å². The predicted octanol–water partition coefficient (Wildman–Crippen LogP) is 4.06. The number of rotatable bonds is 8. The first-order valence-electron chi connectivity index (χ1n) is 7.43. The van der Waals surface area contributed by atoms with Crippen LogP contribution in [-0.4, -0.2) is 20.9 Å². The number of ether oxygens (including phenoxy) is 3. The van der Waals surface area contributed by atoms with Crippen molar-refractivity contribution in [1.29, 1.82) is 0 Å². The molecule has 0 aromatic heterocycles. The molecular weight excluding hydrogens is 333 g/mol. The molecule has 1 atom stereocenters. The van der Waals surface area contributed by atoms with Crippen LogP contribution >= 0.6 is 12.4 Å². The van der Waals surface area contributed by atoms with Crippen LogP contribution in [0.5, 0.6) is 17.2 Å². The SMILES string of the molecule is COc1cc(OCc2ccccc2)c([C@@H](N)CCF)cc1OC.Cl. The highest BCUT2D eigenvalue weighted by atomic mass is 35.5. The summed E-state index contributed by atoms with van der Waals surface area (Å²) in [6.45, 7) is -0.0979. The highest BCUT2D eigenvalue weighted by Gasteiger charge is 2.17. The van der Waals surface area contributed by atoms with Gasteiger partial charge in [-0.15, -0.1) is 12.4 Å². The van der Waals surface area contributed by atoms with Crippen LogP contribution in [0.3, 0.4) is 0 Å². The number of alkyl halides is 1. The Balaban J connectivity index is 0.00000288. The van der Waals surface area contributed by atoms with Gasteiger partial charge in [-0.2, -0.15) is 0 Å². The normalized spacial score (nSPS) is 11.3. The number of benzene rings is 2. The van der Waals surface area contributed by atoms with E-state index in [0.717, 1.165) is 5.56 Å². The van der Waals surface area contributed by atoms with Crippen LogP contribution in [0.1, 0.15) is 23.6 Å². The summed E-state index contributed by atoms with van der Waals surface area (Å²) in [5.41, 5.74) is 7.81. The van der Waals surface area contributed by atoms with E-state index in [4.69, 9.17) is 19.9 Å². The van der Waals surface area contributed by atoms with Gasteiger partial charge in [0.15, 0.2) is 11.5 Å². The van der Waals surface area contributed by atoms with Crippen LogP contribution in [0, 0.1) is 0 Å². The van der Waals surface area contributed by atoms with Gasteiger partial charge in [-0.1, -0.05) is 30.3 Å². The van der Waals surface area contributed by atoms with E-state index in [2.05, 4.69) is 0 Å². The van der Waals surface area contributed by atoms with E-state index in [-0.39, 0.29) is 18.8 Å². The van der Waals surface area contributed by atoms with E-state index in [1.807, 2.05) is 30.3 Å². The highest BCUT2D eigenvalue weighted by molar-refractivity contribution is 5.85. The van der Waals surface area contributed by atoms with Crippen molar-refractivity contribution < 1.29 is 18.6 Å². The van der Waals surface area contributed by atoms with E-state index in [1.54, 1.807) is 26.4 Å². The van der Waals surface area contributed by atoms with Gasteiger partial charge in [-0.25, -0.2) is 0 Å². The molecule has 2 aromatic carbocycles. The van der Waals surface area contributed by atoms with Crippen molar-refractivity contribution >= 4 is 12.4 Å². The maximum absolute atomic E-state index is 12.7. The van der Waals surface area contributed by atoms with Crippen LogP contribution in [0.15, 0.2) is 42.5 Å². The molecule has 2 rings (SSSR count). The van der Waals surface area contributed by atoms with Gasteiger partial charge in [0.05, 0.1) is 20.9 Å². The Labute approximate surface area is 148 Å². The van der Waals surface area contributed by atoms with Crippen LogP contribution in [-0.2, 0) is 6.61 Å². The Hall–Kier alpha value is -1.98. The molecule has 0 fully saturated rings. The van der Waals surface area contributed by atoms with E-state index < -0.39 is 12.7 Å². The molecule has 132 valence electrons. The Morgan fingerprint density at radius 1 is 1.00 bits per heavy atom. The molecule has 0 heterocycles. The third-order valence-electron chi connectivity index (χ3n) is 3.57. The smallest absolute Gasteiger partial charge is 0.164 e. The number of halogens is 2. The maximum atomic E-state index is 12.7. The minimum absolute atomic E-state index is 0. The Bertz CT molecular complexity index is 625. The Morgan fingerprint density at radius 3 is 2.21 bits per heavy atom. The number of hydrogen-bond acceptors (Lipinski definition) is 4. The molecule has 0 aliphatic carbocycles. The zero-order chi connectivity index (χ0) is 16.7. The fourth-order valence-corrected chi connectivity index (χ4v) is 2.30. The molecule has 0 saturated heterocycles. The van der Waals surface area contributed by atoms with E-state index >= 15 is 0 Å². The first-order valence-corrected chi connectivity index (χ1v) is 7.43. The van der Waals surface area contributed by atoms with Crippen molar-refractivity contribution in [2.45, 2.75) is 19.1 Å². The third-order valence-corrected chi connectivity index (χ3v) is 3.57. The first kappa shape index (κ1) is 20.1. The predicted molar refractivity (Wildman–Crippen MR) is 95.1 cm³/mol. The van der Waals surface area contributed by atoms with Crippen LogP contribution < -0.4 is 19.9 Å². The van der Waals surface area contributed by atoms with Gasteiger partial charge in [-0.05, 0) is 18.1 Å². The first-order chi connectivity index (χ1) is 11.2. The van der Waals surface area contributed by atoms with Gasteiger partial charge < -0.3 is 19.9 Å². The van der Waals surface area contributed by atoms with Crippen molar-refractivity contribution in [1.82, 2.24) is 0 Å². The van der Waals surface area contributed by atoms with Gasteiger partial charge in [0, 0.05) is 17.7 Å². The summed E-state index contributed by atoms with van der Waals surface area (Å²) in [7, 11) is 3.10. The summed E-state index contributed by atoms with van der Waals surface area (Å²) in [6.07, 6.45) is 0.219. The van der Waals surface area contributed by atoms with Crippen LogP contribution in [0.2, 0.25) is 0 Å². The maximum Gasteiger partial charge on any atom is 0.164 e. The number of nitrogens with two attached hydrogens (primary N) is 1. The Morgan fingerprint density at radius 2 is 1.62 bits per heavy atom.